The fourth-order valence-electron chi connectivity index (χ4n) is 1.73. The van der Waals surface area contributed by atoms with Crippen molar-refractivity contribution in [2.45, 2.75) is 6.04 Å². The minimum atomic E-state index is 0.255. The lowest BCUT2D eigenvalue weighted by molar-refractivity contribution is 0.0768. The van der Waals surface area contributed by atoms with Crippen LogP contribution in [0.3, 0.4) is 0 Å². The Kier molecular flexibility index (Phi) is 3.58. The molecule has 17 heavy (non-hydrogen) atoms. The van der Waals surface area contributed by atoms with Crippen LogP contribution in [0.1, 0.15) is 11.0 Å². The summed E-state index contributed by atoms with van der Waals surface area (Å²) in [5.41, 5.74) is 1.06. The number of halogens is 1. The molecule has 1 unspecified atom stereocenters. The van der Waals surface area contributed by atoms with Gasteiger partial charge in [-0.05, 0) is 22.0 Å². The predicted molar refractivity (Wildman–Crippen MR) is 74.7 cm³/mol. The molecule has 1 saturated heterocycles. The van der Waals surface area contributed by atoms with Crippen LogP contribution in [-0.4, -0.2) is 24.7 Å². The van der Waals surface area contributed by atoms with Gasteiger partial charge in [-0.15, -0.1) is 22.7 Å². The van der Waals surface area contributed by atoms with Crippen LogP contribution in [0.4, 0.5) is 0 Å². The molecule has 1 N–H and O–H groups in total. The topological polar surface area (TPSA) is 34.1 Å². The van der Waals surface area contributed by atoms with Crippen LogP contribution in [0.25, 0.3) is 10.6 Å². The largest absolute Gasteiger partial charge is 0.378 e. The quantitative estimate of drug-likeness (QED) is 0.917. The Morgan fingerprint density at radius 3 is 3.06 bits per heavy atom. The van der Waals surface area contributed by atoms with Crippen LogP contribution in [0.5, 0.6) is 0 Å². The predicted octanol–water partition coefficient (Wildman–Crippen LogP) is 3.30. The first kappa shape index (κ1) is 11.8. The van der Waals surface area contributed by atoms with Crippen LogP contribution in [-0.2, 0) is 4.74 Å². The maximum absolute atomic E-state index is 5.45. The molecule has 1 aliphatic heterocycles. The molecule has 0 radical (unpaired) electrons. The summed E-state index contributed by atoms with van der Waals surface area (Å²) in [6.07, 6.45) is 0. The van der Waals surface area contributed by atoms with E-state index in [4.69, 9.17) is 4.74 Å². The molecule has 0 amide bonds. The van der Waals surface area contributed by atoms with Gasteiger partial charge in [-0.1, -0.05) is 0 Å². The molecule has 0 aromatic carbocycles. The van der Waals surface area contributed by atoms with Crippen LogP contribution in [0, 0.1) is 0 Å². The third-order valence-corrected chi connectivity index (χ3v) is 5.23. The van der Waals surface area contributed by atoms with Crippen molar-refractivity contribution in [2.75, 3.05) is 19.8 Å². The number of ether oxygens (including phenoxy) is 1. The van der Waals surface area contributed by atoms with Gasteiger partial charge in [0.05, 0.1) is 29.8 Å². The summed E-state index contributed by atoms with van der Waals surface area (Å²) in [5, 5.41) is 8.73. The Bertz CT molecular complexity index is 505. The molecular weight excluding hydrogens is 320 g/mol. The molecule has 2 aromatic rings. The van der Waals surface area contributed by atoms with Gasteiger partial charge in [0.15, 0.2) is 0 Å². The molecule has 2 aromatic heterocycles. The molecule has 3 nitrogen and oxygen atoms in total. The number of nitrogens with zero attached hydrogens (tertiary/aromatic N) is 1. The number of hydrogen-bond acceptors (Lipinski definition) is 5. The van der Waals surface area contributed by atoms with E-state index < -0.39 is 0 Å². The number of aromatic nitrogens is 1. The molecular formula is C11H11BrN2OS2. The number of morpholine rings is 1. The van der Waals surface area contributed by atoms with Gasteiger partial charge in [-0.2, -0.15) is 0 Å². The second-order valence-corrected chi connectivity index (χ2v) is 6.50. The summed E-state index contributed by atoms with van der Waals surface area (Å²) in [7, 11) is 0. The average molecular weight is 331 g/mol. The van der Waals surface area contributed by atoms with Crippen molar-refractivity contribution >= 4 is 38.6 Å². The highest BCUT2D eigenvalue weighted by atomic mass is 79.9. The molecule has 0 bridgehead atoms. The summed E-state index contributed by atoms with van der Waals surface area (Å²) in [5.74, 6) is 0. The summed E-state index contributed by atoms with van der Waals surface area (Å²) in [6, 6.07) is 2.36. The first-order valence-electron chi connectivity index (χ1n) is 5.34. The molecule has 0 saturated carbocycles. The molecule has 90 valence electrons. The second-order valence-electron chi connectivity index (χ2n) is 3.78. The Morgan fingerprint density at radius 2 is 2.35 bits per heavy atom. The Balaban J connectivity index is 1.82. The lowest BCUT2D eigenvalue weighted by Crippen LogP contribution is -2.34. The van der Waals surface area contributed by atoms with Gasteiger partial charge >= 0.3 is 0 Å². The van der Waals surface area contributed by atoms with Crippen LogP contribution < -0.4 is 5.32 Å². The minimum absolute atomic E-state index is 0.255. The third kappa shape index (κ3) is 2.61. The van der Waals surface area contributed by atoms with Crippen molar-refractivity contribution in [1.82, 2.24) is 10.3 Å². The monoisotopic (exact) mass is 330 g/mol. The summed E-state index contributed by atoms with van der Waals surface area (Å²) in [4.78, 5) is 5.89. The van der Waals surface area contributed by atoms with Crippen molar-refractivity contribution in [1.29, 1.82) is 0 Å². The Labute approximate surface area is 116 Å². The molecule has 1 atom stereocenters. The van der Waals surface area contributed by atoms with Gasteiger partial charge in [0.2, 0.25) is 0 Å². The standard InChI is InChI=1S/C11H11BrN2OS2/c12-7-3-10(16-5-7)9-6-17-11(14-9)8-4-15-2-1-13-8/h3,5-6,8,13H,1-2,4H2. The smallest absolute Gasteiger partial charge is 0.113 e. The van der Waals surface area contributed by atoms with Crippen molar-refractivity contribution in [3.8, 4) is 10.6 Å². The van der Waals surface area contributed by atoms with E-state index in [9.17, 15) is 0 Å². The van der Waals surface area contributed by atoms with Crippen molar-refractivity contribution < 1.29 is 4.74 Å². The Hall–Kier alpha value is -0.270. The van der Waals surface area contributed by atoms with Gasteiger partial charge in [-0.3, -0.25) is 0 Å². The normalized spacial score (nSPS) is 20.6. The van der Waals surface area contributed by atoms with Crippen LogP contribution >= 0.6 is 38.6 Å². The maximum Gasteiger partial charge on any atom is 0.113 e. The number of thiazole rings is 1. The van der Waals surface area contributed by atoms with Crippen molar-refractivity contribution in [3.05, 3.63) is 26.3 Å². The van der Waals surface area contributed by atoms with E-state index in [0.717, 1.165) is 34.9 Å². The average Bonchev–Trinajstić information content (AvgIpc) is 2.98. The van der Waals surface area contributed by atoms with Crippen molar-refractivity contribution in [3.63, 3.8) is 0 Å². The van der Waals surface area contributed by atoms with Gasteiger partial charge in [0, 0.05) is 21.8 Å². The molecule has 1 fully saturated rings. The fourth-order valence-corrected chi connectivity index (χ4v) is 4.07. The molecule has 1 aliphatic rings. The molecule has 0 spiro atoms. The third-order valence-electron chi connectivity index (χ3n) is 2.56. The summed E-state index contributed by atoms with van der Waals surface area (Å²) < 4.78 is 6.57. The van der Waals surface area contributed by atoms with Crippen LogP contribution in [0.2, 0.25) is 0 Å². The SMILES string of the molecule is Brc1csc(-c2csc(C3COCCN3)n2)c1. The number of hydrogen-bond donors (Lipinski definition) is 1. The summed E-state index contributed by atoms with van der Waals surface area (Å²) in [6.45, 7) is 2.43. The van der Waals surface area contributed by atoms with E-state index in [2.05, 4.69) is 43.1 Å². The molecule has 6 heteroatoms. The first-order valence-corrected chi connectivity index (χ1v) is 7.89. The zero-order chi connectivity index (χ0) is 11.7. The number of nitrogens with one attached hydrogen (secondary N) is 1. The van der Waals surface area contributed by atoms with Gasteiger partial charge in [0.1, 0.15) is 5.01 Å². The van der Waals surface area contributed by atoms with Crippen molar-refractivity contribution in [2.24, 2.45) is 0 Å². The summed E-state index contributed by atoms with van der Waals surface area (Å²) >= 11 is 6.87. The Morgan fingerprint density at radius 1 is 1.41 bits per heavy atom. The number of rotatable bonds is 2. The first-order chi connectivity index (χ1) is 8.33. The minimum Gasteiger partial charge on any atom is -0.378 e. The van der Waals surface area contributed by atoms with Gasteiger partial charge in [-0.25, -0.2) is 4.98 Å². The van der Waals surface area contributed by atoms with E-state index in [1.165, 1.54) is 4.88 Å². The highest BCUT2D eigenvalue weighted by molar-refractivity contribution is 9.10. The zero-order valence-corrected chi connectivity index (χ0v) is 12.2. The zero-order valence-electron chi connectivity index (χ0n) is 8.98. The van der Waals surface area contributed by atoms with E-state index >= 15 is 0 Å². The maximum atomic E-state index is 5.45. The highest BCUT2D eigenvalue weighted by Crippen LogP contribution is 2.32. The van der Waals surface area contributed by atoms with E-state index in [-0.39, 0.29) is 6.04 Å². The highest BCUT2D eigenvalue weighted by Gasteiger charge is 2.19. The number of thiophene rings is 1. The molecule has 3 rings (SSSR count). The van der Waals surface area contributed by atoms with Gasteiger partial charge in [0.25, 0.3) is 0 Å². The lowest BCUT2D eigenvalue weighted by atomic mass is 10.3. The van der Waals surface area contributed by atoms with Crippen LogP contribution in [0.15, 0.2) is 21.3 Å². The second kappa shape index (κ2) is 5.16. The lowest BCUT2D eigenvalue weighted by Gasteiger charge is -2.21. The van der Waals surface area contributed by atoms with E-state index in [0.29, 0.717) is 0 Å². The molecule has 0 aliphatic carbocycles. The van der Waals surface area contributed by atoms with Gasteiger partial charge < -0.3 is 10.1 Å². The fraction of sp³-hybridized carbons (Fsp3) is 0.364. The van der Waals surface area contributed by atoms with E-state index in [1.807, 2.05) is 0 Å². The molecule has 3 heterocycles. The van der Waals surface area contributed by atoms with E-state index in [1.54, 1.807) is 22.7 Å².